The Bertz CT molecular complexity index is 1180. The number of esters is 1. The minimum Gasteiger partial charge on any atom is -0.461 e. The number of carbonyl (C=O) groups is 2. The van der Waals surface area contributed by atoms with Gasteiger partial charge in [0.25, 0.3) is 15.9 Å². The number of sulfonamides is 1. The molecule has 156 valence electrons. The molecule has 2 aromatic carbocycles. The number of nitrogens with zero attached hydrogens (tertiary/aromatic N) is 1. The summed E-state index contributed by atoms with van der Waals surface area (Å²) >= 11 is 1.03. The molecule has 8 nitrogen and oxygen atoms in total. The SMILES string of the molecule is CCOC(=O)c1csc(NC(=O)c2ccccc2NS(=O)(=O)c2ccc(F)cc2)n1. The molecule has 0 unspecified atom stereocenters. The second-order valence-corrected chi connectivity index (χ2v) is 8.36. The second kappa shape index (κ2) is 9.01. The van der Waals surface area contributed by atoms with Crippen molar-refractivity contribution in [3.05, 3.63) is 71.0 Å². The Morgan fingerprint density at radius 2 is 1.83 bits per heavy atom. The van der Waals surface area contributed by atoms with Crippen LogP contribution in [-0.4, -0.2) is 31.9 Å². The van der Waals surface area contributed by atoms with E-state index in [9.17, 15) is 22.4 Å². The predicted octanol–water partition coefficient (Wildman–Crippen LogP) is 3.51. The average molecular weight is 449 g/mol. The van der Waals surface area contributed by atoms with Gasteiger partial charge >= 0.3 is 5.97 Å². The highest BCUT2D eigenvalue weighted by molar-refractivity contribution is 7.92. The van der Waals surface area contributed by atoms with Gasteiger partial charge in [-0.1, -0.05) is 12.1 Å². The van der Waals surface area contributed by atoms with Crippen molar-refractivity contribution in [2.24, 2.45) is 0 Å². The Hall–Kier alpha value is -3.31. The average Bonchev–Trinajstić information content (AvgIpc) is 3.17. The monoisotopic (exact) mass is 449 g/mol. The molecule has 11 heteroatoms. The highest BCUT2D eigenvalue weighted by atomic mass is 32.2. The molecule has 0 aliphatic carbocycles. The molecular weight excluding hydrogens is 433 g/mol. The highest BCUT2D eigenvalue weighted by Crippen LogP contribution is 2.23. The number of halogens is 1. The topological polar surface area (TPSA) is 114 Å². The van der Waals surface area contributed by atoms with E-state index in [0.717, 1.165) is 35.6 Å². The first kappa shape index (κ1) is 21.4. The van der Waals surface area contributed by atoms with E-state index in [1.165, 1.54) is 17.5 Å². The minimum absolute atomic E-state index is 0.0292. The van der Waals surface area contributed by atoms with Crippen LogP contribution in [0, 0.1) is 5.82 Å². The van der Waals surface area contributed by atoms with Gasteiger partial charge in [0.1, 0.15) is 5.82 Å². The fraction of sp³-hybridized carbons (Fsp3) is 0.105. The molecule has 1 heterocycles. The number of hydrogen-bond acceptors (Lipinski definition) is 7. The van der Waals surface area contributed by atoms with Gasteiger partial charge in [-0.3, -0.25) is 14.8 Å². The lowest BCUT2D eigenvalue weighted by Crippen LogP contribution is -2.18. The van der Waals surface area contributed by atoms with Crippen LogP contribution < -0.4 is 10.0 Å². The molecule has 1 amide bonds. The first-order valence-electron chi connectivity index (χ1n) is 8.61. The lowest BCUT2D eigenvalue weighted by molar-refractivity contribution is 0.0520. The zero-order valence-electron chi connectivity index (χ0n) is 15.6. The molecule has 0 atom stereocenters. The van der Waals surface area contributed by atoms with Crippen molar-refractivity contribution in [3.63, 3.8) is 0 Å². The van der Waals surface area contributed by atoms with Gasteiger partial charge in [-0.2, -0.15) is 0 Å². The summed E-state index contributed by atoms with van der Waals surface area (Å²) in [6, 6.07) is 10.3. The molecule has 0 saturated heterocycles. The van der Waals surface area contributed by atoms with E-state index < -0.39 is 27.7 Å². The predicted molar refractivity (Wildman–Crippen MR) is 110 cm³/mol. The zero-order valence-corrected chi connectivity index (χ0v) is 17.2. The number of aromatic nitrogens is 1. The van der Waals surface area contributed by atoms with Crippen molar-refractivity contribution < 1.29 is 27.1 Å². The van der Waals surface area contributed by atoms with Gasteiger partial charge in [-0.05, 0) is 43.3 Å². The molecular formula is C19H16FN3O5S2. The van der Waals surface area contributed by atoms with Crippen molar-refractivity contribution in [2.75, 3.05) is 16.6 Å². The number of anilines is 2. The molecule has 3 aromatic rings. The van der Waals surface area contributed by atoms with Gasteiger partial charge in [0.05, 0.1) is 22.8 Å². The highest BCUT2D eigenvalue weighted by Gasteiger charge is 2.20. The summed E-state index contributed by atoms with van der Waals surface area (Å²) in [6.07, 6.45) is 0. The van der Waals surface area contributed by atoms with E-state index >= 15 is 0 Å². The quantitative estimate of drug-likeness (QED) is 0.534. The van der Waals surface area contributed by atoms with Gasteiger partial charge in [0, 0.05) is 5.38 Å². The van der Waals surface area contributed by atoms with Crippen molar-refractivity contribution in [3.8, 4) is 0 Å². The largest absolute Gasteiger partial charge is 0.461 e. The van der Waals surface area contributed by atoms with Crippen molar-refractivity contribution >= 4 is 44.1 Å². The van der Waals surface area contributed by atoms with Crippen molar-refractivity contribution in [1.82, 2.24) is 4.98 Å². The third-order valence-electron chi connectivity index (χ3n) is 3.75. The summed E-state index contributed by atoms with van der Waals surface area (Å²) in [5, 5.41) is 4.12. The van der Waals surface area contributed by atoms with E-state index in [2.05, 4.69) is 15.0 Å². The third-order valence-corrected chi connectivity index (χ3v) is 5.89. The normalized spacial score (nSPS) is 11.0. The summed E-state index contributed by atoms with van der Waals surface area (Å²) in [5.41, 5.74) is 0.125. The van der Waals surface area contributed by atoms with Crippen molar-refractivity contribution in [1.29, 1.82) is 0 Å². The van der Waals surface area contributed by atoms with Crippen LogP contribution in [0.25, 0.3) is 0 Å². The maximum absolute atomic E-state index is 13.1. The number of hydrogen-bond donors (Lipinski definition) is 2. The number of para-hydroxylation sites is 1. The van der Waals surface area contributed by atoms with Crippen LogP contribution >= 0.6 is 11.3 Å². The van der Waals surface area contributed by atoms with Gasteiger partial charge in [-0.25, -0.2) is 22.6 Å². The molecule has 0 bridgehead atoms. The van der Waals surface area contributed by atoms with Gasteiger partial charge in [0.15, 0.2) is 10.8 Å². The van der Waals surface area contributed by atoms with E-state index in [1.807, 2.05) is 0 Å². The molecule has 2 N–H and O–H groups in total. The summed E-state index contributed by atoms with van der Waals surface area (Å²) < 4.78 is 45.4. The molecule has 0 fully saturated rings. The fourth-order valence-corrected chi connectivity index (χ4v) is 4.14. The maximum Gasteiger partial charge on any atom is 0.357 e. The molecule has 0 saturated carbocycles. The van der Waals surface area contributed by atoms with E-state index in [4.69, 9.17) is 4.74 Å². The first-order valence-corrected chi connectivity index (χ1v) is 11.0. The number of thiazole rings is 1. The Kier molecular flexibility index (Phi) is 6.43. The molecule has 1 aromatic heterocycles. The summed E-state index contributed by atoms with van der Waals surface area (Å²) in [4.78, 5) is 28.2. The fourth-order valence-electron chi connectivity index (χ4n) is 2.38. The van der Waals surface area contributed by atoms with E-state index in [0.29, 0.717) is 0 Å². The molecule has 0 radical (unpaired) electrons. The number of ether oxygens (including phenoxy) is 1. The summed E-state index contributed by atoms with van der Waals surface area (Å²) in [5.74, 6) is -1.81. The Labute approximate surface area is 175 Å². The molecule has 30 heavy (non-hydrogen) atoms. The molecule has 0 aliphatic rings. The third kappa shape index (κ3) is 4.99. The Balaban J connectivity index is 1.80. The van der Waals surface area contributed by atoms with Crippen LogP contribution in [0.3, 0.4) is 0 Å². The van der Waals surface area contributed by atoms with Crippen molar-refractivity contribution in [2.45, 2.75) is 11.8 Å². The molecule has 3 rings (SSSR count). The zero-order chi connectivity index (χ0) is 21.7. The number of amides is 1. The number of carbonyl (C=O) groups excluding carboxylic acids is 2. The van der Waals surface area contributed by atoms with Gasteiger partial charge < -0.3 is 4.74 Å². The first-order chi connectivity index (χ1) is 14.3. The Morgan fingerprint density at radius 3 is 2.53 bits per heavy atom. The number of benzene rings is 2. The molecule has 0 aliphatic heterocycles. The van der Waals surface area contributed by atoms with Crippen LogP contribution in [0.15, 0.2) is 58.8 Å². The van der Waals surface area contributed by atoms with E-state index in [-0.39, 0.29) is 33.6 Å². The maximum atomic E-state index is 13.1. The minimum atomic E-state index is -4.04. The summed E-state index contributed by atoms with van der Waals surface area (Å²) in [7, 11) is -4.04. The van der Waals surface area contributed by atoms with Gasteiger partial charge in [-0.15, -0.1) is 11.3 Å². The van der Waals surface area contributed by atoms with Gasteiger partial charge in [0.2, 0.25) is 0 Å². The lowest BCUT2D eigenvalue weighted by atomic mass is 10.2. The smallest absolute Gasteiger partial charge is 0.357 e. The lowest BCUT2D eigenvalue weighted by Gasteiger charge is -2.12. The number of nitrogens with one attached hydrogen (secondary N) is 2. The Morgan fingerprint density at radius 1 is 1.13 bits per heavy atom. The van der Waals surface area contributed by atoms with Crippen LogP contribution in [0.1, 0.15) is 27.8 Å². The standard InChI is InChI=1S/C19H16FN3O5S2/c1-2-28-18(25)16-11-29-19(21-16)22-17(24)14-5-3-4-6-15(14)23-30(26,27)13-9-7-12(20)8-10-13/h3-11,23H,2H2,1H3,(H,21,22,24). The van der Waals surface area contributed by atoms with Crippen LogP contribution in [0.4, 0.5) is 15.2 Å². The van der Waals surface area contributed by atoms with Crippen LogP contribution in [0.2, 0.25) is 0 Å². The summed E-state index contributed by atoms with van der Waals surface area (Å²) in [6.45, 7) is 1.86. The number of rotatable bonds is 7. The second-order valence-electron chi connectivity index (χ2n) is 5.82. The van der Waals surface area contributed by atoms with Crippen LogP contribution in [0.5, 0.6) is 0 Å². The van der Waals surface area contributed by atoms with E-state index in [1.54, 1.807) is 19.1 Å². The van der Waals surface area contributed by atoms with Crippen LogP contribution in [-0.2, 0) is 14.8 Å². The molecule has 0 spiro atoms.